The summed E-state index contributed by atoms with van der Waals surface area (Å²) < 4.78 is 10.8. The van der Waals surface area contributed by atoms with Gasteiger partial charge in [-0.1, -0.05) is 60.7 Å². The summed E-state index contributed by atoms with van der Waals surface area (Å²) in [5.74, 6) is -20.6. The average molecular weight is 2130 g/mol. The van der Waals surface area contributed by atoms with Gasteiger partial charge in [-0.05, 0) is 88.7 Å². The van der Waals surface area contributed by atoms with E-state index in [2.05, 4.69) is 85.1 Å². The van der Waals surface area contributed by atoms with Crippen LogP contribution in [0.1, 0.15) is 108 Å². The molecular weight excluding hydrogens is 2000 g/mol. The molecule has 5 saturated heterocycles. The van der Waals surface area contributed by atoms with Crippen molar-refractivity contribution >= 4 is 136 Å². The Balaban J connectivity index is 0.000000992. The maximum absolute atomic E-state index is 14.5. The molecule has 56 heteroatoms. The number of guanidine groups is 2. The molecule has 2 aromatic rings. The first-order valence-electron chi connectivity index (χ1n) is 47.3. The number of ether oxygens (including phenoxy) is 2. The number of methoxy groups -OCH3 is 1. The minimum absolute atomic E-state index is 0. The fraction of sp³-hybridized carbons (Fsp3) is 0.567. The van der Waals surface area contributed by atoms with Gasteiger partial charge in [-0.15, -0.1) is 0 Å². The van der Waals surface area contributed by atoms with Crippen LogP contribution in [0.2, 0.25) is 0 Å². The second-order valence-electron chi connectivity index (χ2n) is 35.6. The monoisotopic (exact) mass is 2130 g/mol. The normalized spacial score (nSPS) is 23.7. The van der Waals surface area contributed by atoms with Crippen molar-refractivity contribution in [2.45, 2.75) is 182 Å². The molecule has 1 aliphatic carbocycles. The van der Waals surface area contributed by atoms with E-state index in [1.165, 1.54) is 23.8 Å². The minimum Gasteiger partial charge on any atom is -0.481 e. The van der Waals surface area contributed by atoms with Gasteiger partial charge >= 0.3 is 35.9 Å². The number of nitrogens with zero attached hydrogens (tertiary/aromatic N) is 5. The number of aliphatic carboxylic acids is 5. The minimum atomic E-state index is -1.76. The number of ketones is 2. The molecule has 55 nitrogen and oxygen atoms in total. The summed E-state index contributed by atoms with van der Waals surface area (Å²) in [6, 6.07) is 2.92. The molecule has 797 valence electrons. The number of piperazine rings is 1. The molecule has 5 fully saturated rings. The largest absolute Gasteiger partial charge is 0.481 e. The predicted octanol–water partition coefficient (Wildman–Crippen LogP) is -10.3. The molecule has 6 heterocycles. The number of carbonyl (C=O) groups is 21. The fourth-order valence-corrected chi connectivity index (χ4v) is 17.4. The van der Waals surface area contributed by atoms with Gasteiger partial charge in [0.15, 0.2) is 17.6 Å². The molecule has 31 N–H and O–H groups in total. The van der Waals surface area contributed by atoms with Crippen LogP contribution in [0.3, 0.4) is 0 Å². The van der Waals surface area contributed by atoms with Crippen LogP contribution in [-0.4, -0.2) is 397 Å². The first kappa shape index (κ1) is 119. The van der Waals surface area contributed by atoms with Crippen LogP contribution in [0.5, 0.6) is 0 Å². The number of unbranched alkanes of at least 4 members (excludes halogenated alkanes) is 2. The zero-order valence-corrected chi connectivity index (χ0v) is 83.7. The number of carboxylic acid groups (broad SMARTS) is 5. The Morgan fingerprint density at radius 3 is 1.24 bits per heavy atom. The summed E-state index contributed by atoms with van der Waals surface area (Å²) in [6.45, 7) is -1.33. The molecule has 9 rings (SSSR count). The van der Waals surface area contributed by atoms with Gasteiger partial charge in [-0.3, -0.25) is 126 Å². The molecule has 0 aromatic heterocycles. The molecule has 7 aliphatic rings. The number of amides is 14. The molecule has 146 heavy (non-hydrogen) atoms. The maximum Gasteiger partial charge on any atom is 0.404 e. The molecule has 2 aromatic carbocycles. The zero-order valence-electron chi connectivity index (χ0n) is 80.9. The summed E-state index contributed by atoms with van der Waals surface area (Å²) in [6.07, 6.45) is -4.20. The quantitative estimate of drug-likeness (QED) is 0.00965. The van der Waals surface area contributed by atoms with Crippen molar-refractivity contribution in [3.05, 3.63) is 94.3 Å². The van der Waals surface area contributed by atoms with Crippen LogP contribution < -0.4 is 108 Å². The molecule has 0 bridgehead atoms. The van der Waals surface area contributed by atoms with E-state index in [1.54, 1.807) is 70.5 Å². The van der Waals surface area contributed by atoms with Gasteiger partial charge in [-0.2, -0.15) is 0 Å². The van der Waals surface area contributed by atoms with E-state index in [0.717, 1.165) is 0 Å². The summed E-state index contributed by atoms with van der Waals surface area (Å²) in [7, 11) is 1.52. The number of hydrogen-bond donors (Lipinski definition) is 27. The van der Waals surface area contributed by atoms with Gasteiger partial charge in [0.25, 0.3) is 0 Å². The van der Waals surface area contributed by atoms with Crippen LogP contribution in [0.15, 0.2) is 83.2 Å². The number of Topliss-reactive ketones (excluding diaryl/α,β-unsaturated/α-hetero) is 2. The van der Waals surface area contributed by atoms with E-state index < -0.39 is 249 Å². The predicted molar refractivity (Wildman–Crippen MR) is 508 cm³/mol. The van der Waals surface area contributed by atoms with Crippen molar-refractivity contribution in [1.82, 2.24) is 110 Å². The Morgan fingerprint density at radius 1 is 0.466 bits per heavy atom. The van der Waals surface area contributed by atoms with Crippen molar-refractivity contribution in [3.63, 3.8) is 0 Å². The number of allylic oxidation sites excluding steroid dienone is 2. The molecule has 0 spiro atoms. The number of carboxylic acids is 5. The Kier molecular flexibility index (Phi) is 47.9. The fourth-order valence-electron chi connectivity index (χ4n) is 17.4. The Hall–Kier alpha value is -14.0. The average Bonchev–Trinajstić information content (AvgIpc) is 1.50. The van der Waals surface area contributed by atoms with Gasteiger partial charge < -0.3 is 148 Å². The van der Waals surface area contributed by atoms with Crippen molar-refractivity contribution in [3.8, 4) is 0 Å². The van der Waals surface area contributed by atoms with Crippen molar-refractivity contribution < 1.29 is 168 Å². The second-order valence-corrected chi connectivity index (χ2v) is 35.6. The smallest absolute Gasteiger partial charge is 0.404 e. The third-order valence-electron chi connectivity index (χ3n) is 24.9. The number of hydrogen-bond acceptors (Lipinski definition) is 32. The van der Waals surface area contributed by atoms with E-state index in [-0.39, 0.29) is 242 Å². The summed E-state index contributed by atoms with van der Waals surface area (Å²) in [5.41, 5.74) is 22.6. The van der Waals surface area contributed by atoms with Gasteiger partial charge in [0.2, 0.25) is 88.4 Å². The Bertz CT molecular complexity index is 5110. The Morgan fingerprint density at radius 2 is 0.842 bits per heavy atom. The van der Waals surface area contributed by atoms with Crippen LogP contribution >= 0.6 is 0 Å². The van der Waals surface area contributed by atoms with Gasteiger partial charge in [0.1, 0.15) is 61.0 Å². The zero-order chi connectivity index (χ0) is 106. The topological polar surface area (TPSA) is 848 Å². The molecular formula is C90H131N27O28Y. The standard InChI is InChI=1S/C75H113N23O23.C15H18N4O5.Y/c76-74(77)82-25-11-19-47-66(114)84-39-57(100)87-54(37-60(103)104)72(120)93-52(35-45-13-3-1-4-14-45)70(118)91-49(68(116)89-47)17-7-9-23-80-56(99)22-21-51(86-59(102)41-95-27-29-96(42-62(107)108)31-33-98(44-64(111)112)34-32-97(30-28-95)43-63(109)110)65(113)81-24-10-8-18-50-69(117)90-48(20-12-26-83-75(78)79)67(115)85-40-58(101)88-55(38-61(105)106)73(121)94-53(71(119)92-50)36-46-15-5-2-6-16-46;1-5-9(16)12(21)8-6(4-24-14(17)22)15(23-2)13-7(18-13)3-19(15)10(8)11(5)20;/h1-6,13-16,47-55H,7-12,17-44H2,(H,80,99)(H,81,113)(H,84,114)(H,85,115)(H,86,102)(H,87,100)(H,88,101)(H,89,116)(H,90,117)(H,91,118)(H,92,119)(H,93,120)(H,94,121)(H,103,104)(H,105,106)(H,107,108)(H,109,110)(H,111,112)(H4,76,77,82)(H4,78,79,83);6-7,13,18H,3-4,16H2,1-2H3,(H2,17,22);/t47-,48-,49-,50-,51-,52+,53+,54-,55-;6-,7+,13+,15-;/m01./s1/i;;1+1. The molecule has 14 amide bonds. The number of benzene rings is 2. The molecule has 0 saturated carbocycles. The van der Waals surface area contributed by atoms with Crippen LogP contribution in [0, 0.1) is 16.7 Å². The number of primary amides is 1. The molecule has 0 unspecified atom stereocenters. The maximum atomic E-state index is 14.5. The van der Waals surface area contributed by atoms with E-state index in [9.17, 15) is 126 Å². The SMILES string of the molecule is CO[C@@]12[C@H](COC(N)=O)C3=C(C(=O)C(C)=C(N)C3=O)N1C[C@@H]1N[C@@H]12.N=C(N)NCCC[C@@H]1NC(=O)[C@H](CCCCNC(=O)CC[C@H](NC(=O)CN2CCN(CC(=O)O)CCN(CC(=O)O)CCN(CC(=O)O)CC2)C(=O)NCCCC[C@@H]2NC(=O)[C@@H](Cc3ccccc3)NC(=O)[C@H](CC(=O)O)NC(=O)CNC(=O)[C@H](CCCNC(=N)N)NC2=O)NC(=O)[C@@H](Cc2ccccc2)NC(=O)[C@H](CC(=O)O)NC(=O)CNC1=O.[90Y]. The van der Waals surface area contributed by atoms with E-state index in [4.69, 9.17) is 43.2 Å². The summed E-state index contributed by atoms with van der Waals surface area (Å²) >= 11 is 0. The Labute approximate surface area is 863 Å². The second kappa shape index (κ2) is 58.8. The number of fused-ring (bicyclic) bond motifs is 4. The van der Waals surface area contributed by atoms with E-state index >= 15 is 0 Å². The summed E-state index contributed by atoms with van der Waals surface area (Å²) in [5, 5.41) is 105. The number of rotatable bonds is 42. The van der Waals surface area contributed by atoms with E-state index in [1.807, 2.05) is 4.90 Å². The van der Waals surface area contributed by atoms with Gasteiger partial charge in [0.05, 0.1) is 75.5 Å². The molecule has 6 aliphatic heterocycles. The van der Waals surface area contributed by atoms with E-state index in [0.29, 0.717) is 23.4 Å². The first-order chi connectivity index (χ1) is 68.9. The summed E-state index contributed by atoms with van der Waals surface area (Å²) in [4.78, 5) is 287. The number of carbonyl (C=O) groups excluding carboxylic acids is 16. The molecule has 1 radical (unpaired) electrons. The third-order valence-corrected chi connectivity index (χ3v) is 24.9. The first-order valence-corrected chi connectivity index (χ1v) is 47.3. The van der Waals surface area contributed by atoms with Gasteiger partial charge in [-0.25, -0.2) is 4.79 Å². The van der Waals surface area contributed by atoms with Crippen LogP contribution in [-0.2, 0) is 151 Å². The van der Waals surface area contributed by atoms with Crippen molar-refractivity contribution in [2.24, 2.45) is 28.9 Å². The van der Waals surface area contributed by atoms with Crippen molar-refractivity contribution in [2.75, 3.05) is 138 Å². The molecule has 13 atom stereocenters. The van der Waals surface area contributed by atoms with Crippen molar-refractivity contribution in [1.29, 1.82) is 10.8 Å². The number of nitrogens with two attached hydrogens (primary N) is 4. The van der Waals surface area contributed by atoms with Gasteiger partial charge in [0, 0.05) is 161 Å². The third kappa shape index (κ3) is 37.9. The van der Waals surface area contributed by atoms with Crippen LogP contribution in [0.25, 0.3) is 0 Å². The van der Waals surface area contributed by atoms with Crippen LogP contribution in [0.4, 0.5) is 4.79 Å². The number of nitrogens with one attached hydrogen (secondary N) is 18.